The maximum atomic E-state index is 11.7. The zero-order valence-electron chi connectivity index (χ0n) is 9.94. The van der Waals surface area contributed by atoms with Crippen LogP contribution in [0.5, 0.6) is 0 Å². The van der Waals surface area contributed by atoms with Crippen molar-refractivity contribution in [3.8, 4) is 0 Å². The van der Waals surface area contributed by atoms with Crippen LogP contribution in [0.1, 0.15) is 33.1 Å². The van der Waals surface area contributed by atoms with Gasteiger partial charge in [-0.25, -0.2) is 0 Å². The fraction of sp³-hybridized carbons (Fsp3) is 0.900. The number of rotatable bonds is 6. The van der Waals surface area contributed by atoms with Gasteiger partial charge in [0.2, 0.25) is 0 Å². The largest absolute Gasteiger partial charge is 0.469 e. The normalized spacial score (nSPS) is 26.8. The summed E-state index contributed by atoms with van der Waals surface area (Å²) in [7, 11) is -1.37. The topological polar surface area (TPSA) is 81.6 Å². The molecule has 0 aromatic heterocycles. The van der Waals surface area contributed by atoms with Gasteiger partial charge in [-0.05, 0) is 26.2 Å². The molecule has 0 aliphatic carbocycles. The summed E-state index contributed by atoms with van der Waals surface area (Å²) < 4.78 is 0. The molecule has 0 aromatic carbocycles. The molecule has 0 radical (unpaired) electrons. The van der Waals surface area contributed by atoms with Crippen LogP contribution in [0.25, 0.3) is 0 Å². The van der Waals surface area contributed by atoms with E-state index in [0.717, 1.165) is 6.42 Å². The molecule has 4 N–H and O–H groups in total. The van der Waals surface area contributed by atoms with Crippen LogP contribution in [0.2, 0.25) is 0 Å². The van der Waals surface area contributed by atoms with E-state index >= 15 is 0 Å². The highest BCUT2D eigenvalue weighted by Gasteiger charge is 2.34. The molecule has 16 heavy (non-hydrogen) atoms. The van der Waals surface area contributed by atoms with Gasteiger partial charge in [-0.3, -0.25) is 4.79 Å². The molecule has 1 aliphatic rings. The Morgan fingerprint density at radius 3 is 2.75 bits per heavy atom. The van der Waals surface area contributed by atoms with E-state index in [0.29, 0.717) is 25.4 Å². The Labute approximate surface area is 96.8 Å². The van der Waals surface area contributed by atoms with E-state index in [-0.39, 0.29) is 17.8 Å². The summed E-state index contributed by atoms with van der Waals surface area (Å²) in [6.07, 6.45) is 2.31. The smallest absolute Gasteiger partial charge is 0.426 e. The summed E-state index contributed by atoms with van der Waals surface area (Å²) in [5.41, 5.74) is 0. The van der Waals surface area contributed by atoms with Crippen molar-refractivity contribution in [2.45, 2.75) is 51.1 Å². The second kappa shape index (κ2) is 6.34. The molecular weight excluding hydrogens is 207 g/mol. The first-order valence-corrected chi connectivity index (χ1v) is 5.92. The molecule has 2 unspecified atom stereocenters. The fourth-order valence-corrected chi connectivity index (χ4v) is 1.80. The number of ketones is 1. The molecule has 3 atom stereocenters. The Bertz CT molecular complexity index is 238. The number of nitrogens with one attached hydrogen (secondary N) is 2. The van der Waals surface area contributed by atoms with Crippen LogP contribution in [-0.4, -0.2) is 47.5 Å². The lowest BCUT2D eigenvalue weighted by Crippen LogP contribution is -2.46. The zero-order valence-corrected chi connectivity index (χ0v) is 9.94. The minimum absolute atomic E-state index is 0.100. The van der Waals surface area contributed by atoms with Gasteiger partial charge in [-0.15, -0.1) is 0 Å². The van der Waals surface area contributed by atoms with Crippen molar-refractivity contribution in [3.63, 3.8) is 0 Å². The van der Waals surface area contributed by atoms with E-state index in [9.17, 15) is 4.79 Å². The van der Waals surface area contributed by atoms with Crippen molar-refractivity contribution in [2.24, 2.45) is 0 Å². The highest BCUT2D eigenvalue weighted by Crippen LogP contribution is 2.13. The Hall–Kier alpha value is -0.425. The standard InChI is InChI=1S/C10H21BN2O3/c1-3-7(2)12-6-9(14)8-4-5-10(13-8)11(15)16/h7-8,10,12-13,15-16H,3-6H2,1-2H3/t7?,8?,10-/m0/s1. The molecule has 1 fully saturated rings. The van der Waals surface area contributed by atoms with Crippen LogP contribution in [-0.2, 0) is 4.79 Å². The SMILES string of the molecule is CCC(C)NCC(=O)C1CC[C@@H](B(O)O)N1. The Morgan fingerprint density at radius 2 is 2.25 bits per heavy atom. The molecule has 0 spiro atoms. The van der Waals surface area contributed by atoms with Crippen molar-refractivity contribution >= 4 is 12.9 Å². The average molecular weight is 228 g/mol. The lowest BCUT2D eigenvalue weighted by molar-refractivity contribution is -0.120. The first kappa shape index (κ1) is 13.6. The van der Waals surface area contributed by atoms with Crippen LogP contribution in [0.15, 0.2) is 0 Å². The predicted octanol–water partition coefficient (Wildman–Crippen LogP) is -0.924. The molecule has 0 saturated carbocycles. The van der Waals surface area contributed by atoms with Gasteiger partial charge in [0, 0.05) is 12.0 Å². The van der Waals surface area contributed by atoms with Crippen molar-refractivity contribution in [1.29, 1.82) is 0 Å². The summed E-state index contributed by atoms with van der Waals surface area (Å²) in [6.45, 7) is 4.45. The third kappa shape index (κ3) is 3.86. The van der Waals surface area contributed by atoms with Crippen LogP contribution in [0, 0.1) is 0 Å². The maximum Gasteiger partial charge on any atom is 0.469 e. The van der Waals surface area contributed by atoms with Crippen molar-refractivity contribution in [2.75, 3.05) is 6.54 Å². The average Bonchev–Trinajstić information content (AvgIpc) is 2.74. The molecule has 0 aromatic rings. The van der Waals surface area contributed by atoms with Gasteiger partial charge in [0.05, 0.1) is 12.6 Å². The number of carbonyl (C=O) groups is 1. The second-order valence-electron chi connectivity index (χ2n) is 4.47. The molecule has 0 bridgehead atoms. The first-order chi connectivity index (χ1) is 7.54. The highest BCUT2D eigenvalue weighted by molar-refractivity contribution is 6.43. The number of carbonyl (C=O) groups excluding carboxylic acids is 1. The molecule has 6 heteroatoms. The lowest BCUT2D eigenvalue weighted by Gasteiger charge is -2.15. The molecule has 92 valence electrons. The summed E-state index contributed by atoms with van der Waals surface area (Å²) in [5.74, 6) is -0.263. The fourth-order valence-electron chi connectivity index (χ4n) is 1.80. The van der Waals surface area contributed by atoms with E-state index in [1.165, 1.54) is 0 Å². The Balaban J connectivity index is 2.28. The molecule has 0 amide bonds. The van der Waals surface area contributed by atoms with Crippen molar-refractivity contribution < 1.29 is 14.8 Å². The van der Waals surface area contributed by atoms with Gasteiger partial charge >= 0.3 is 7.12 Å². The molecule has 5 nitrogen and oxygen atoms in total. The highest BCUT2D eigenvalue weighted by atomic mass is 16.4. The number of hydrogen-bond donors (Lipinski definition) is 4. The molecule has 1 aliphatic heterocycles. The Morgan fingerprint density at radius 1 is 1.56 bits per heavy atom. The zero-order chi connectivity index (χ0) is 12.1. The van der Waals surface area contributed by atoms with Crippen LogP contribution in [0.3, 0.4) is 0 Å². The van der Waals surface area contributed by atoms with Gasteiger partial charge in [0.1, 0.15) is 0 Å². The third-order valence-electron chi connectivity index (χ3n) is 3.17. The van der Waals surface area contributed by atoms with E-state index < -0.39 is 7.12 Å². The monoisotopic (exact) mass is 228 g/mol. The third-order valence-corrected chi connectivity index (χ3v) is 3.17. The van der Waals surface area contributed by atoms with E-state index in [4.69, 9.17) is 10.0 Å². The van der Waals surface area contributed by atoms with Crippen molar-refractivity contribution in [1.82, 2.24) is 10.6 Å². The quantitative estimate of drug-likeness (QED) is 0.442. The minimum Gasteiger partial charge on any atom is -0.426 e. The first-order valence-electron chi connectivity index (χ1n) is 5.92. The summed E-state index contributed by atoms with van der Waals surface area (Å²) in [5, 5.41) is 24.0. The second-order valence-corrected chi connectivity index (χ2v) is 4.47. The van der Waals surface area contributed by atoms with Gasteiger partial charge in [0.25, 0.3) is 0 Å². The Kier molecular flexibility index (Phi) is 5.41. The van der Waals surface area contributed by atoms with E-state index in [2.05, 4.69) is 17.6 Å². The van der Waals surface area contributed by atoms with Crippen LogP contribution < -0.4 is 10.6 Å². The summed E-state index contributed by atoms with van der Waals surface area (Å²) in [4.78, 5) is 11.7. The summed E-state index contributed by atoms with van der Waals surface area (Å²) in [6, 6.07) is 0.105. The van der Waals surface area contributed by atoms with Gasteiger partial charge in [0.15, 0.2) is 5.78 Å². The predicted molar refractivity (Wildman–Crippen MR) is 62.9 cm³/mol. The van der Waals surface area contributed by atoms with Crippen LogP contribution in [0.4, 0.5) is 0 Å². The summed E-state index contributed by atoms with van der Waals surface area (Å²) >= 11 is 0. The van der Waals surface area contributed by atoms with E-state index in [1.807, 2.05) is 6.92 Å². The number of Topliss-reactive ketones (excluding diaryl/α,β-unsaturated/α-hetero) is 1. The minimum atomic E-state index is -1.37. The lowest BCUT2D eigenvalue weighted by atomic mass is 9.79. The van der Waals surface area contributed by atoms with Gasteiger partial charge in [-0.1, -0.05) is 6.92 Å². The molecule has 1 saturated heterocycles. The molecule has 1 rings (SSSR count). The van der Waals surface area contributed by atoms with E-state index in [1.54, 1.807) is 0 Å². The maximum absolute atomic E-state index is 11.7. The van der Waals surface area contributed by atoms with Gasteiger partial charge in [-0.2, -0.15) is 0 Å². The molecular formula is C10H21BN2O3. The van der Waals surface area contributed by atoms with Gasteiger partial charge < -0.3 is 20.7 Å². The molecule has 1 heterocycles. The van der Waals surface area contributed by atoms with Crippen LogP contribution >= 0.6 is 0 Å². The number of hydrogen-bond acceptors (Lipinski definition) is 5. The van der Waals surface area contributed by atoms with Crippen molar-refractivity contribution in [3.05, 3.63) is 0 Å².